The van der Waals surface area contributed by atoms with Crippen LogP contribution in [0.4, 0.5) is 0 Å². The van der Waals surface area contributed by atoms with Gasteiger partial charge in [0.1, 0.15) is 0 Å². The van der Waals surface area contributed by atoms with Gasteiger partial charge in [0.2, 0.25) is 0 Å². The van der Waals surface area contributed by atoms with Crippen molar-refractivity contribution < 1.29 is 4.79 Å². The zero-order valence-corrected chi connectivity index (χ0v) is 2.43. The van der Waals surface area contributed by atoms with Gasteiger partial charge in [-0.2, -0.15) is 4.85 Å². The smallest absolute Gasteiger partial charge is 0.315 e. The van der Waals surface area contributed by atoms with Crippen LogP contribution in [0, 0.1) is 13.5 Å². The molecule has 0 N–H and O–H groups in total. The molecule has 0 aromatic rings. The molecule has 2 nitrogen and oxygen atoms in total. The van der Waals surface area contributed by atoms with E-state index in [1.54, 1.807) is 0 Å². The molecule has 0 aliphatic heterocycles. The third-order valence-corrected chi connectivity index (χ3v) is 0.110. The highest BCUT2D eigenvalue weighted by Crippen LogP contribution is 1.59. The summed E-state index contributed by atoms with van der Waals surface area (Å²) in [5.41, 5.74) is 0. The molecule has 24 valence electrons. The van der Waals surface area contributed by atoms with E-state index in [1.165, 1.54) is 0 Å². The number of carbonyl (C=O) groups is 1. The minimum Gasteiger partial charge on any atom is -0.315 e. The van der Waals surface area contributed by atoms with E-state index in [4.69, 9.17) is 6.57 Å². The van der Waals surface area contributed by atoms with E-state index in [0.29, 0.717) is 0 Å². The van der Waals surface area contributed by atoms with Gasteiger partial charge in [-0.3, -0.25) is 0 Å². The molecule has 1 amide bonds. The van der Waals surface area contributed by atoms with E-state index in [-0.39, 0.29) is 0 Å². The average Bonchev–Trinajstić information content (AvgIpc) is 1.38. The summed E-state index contributed by atoms with van der Waals surface area (Å²) in [6, 6.07) is 0. The molecule has 0 aromatic carbocycles. The van der Waals surface area contributed by atoms with Gasteiger partial charge in [0.25, 0.3) is 0 Å². The Kier molecular flexibility index (Phi) is 1.23. The molecular formula is C3HNO. The molecule has 2 heteroatoms. The minimum atomic E-state index is -0.954. The lowest BCUT2D eigenvalue weighted by Crippen LogP contribution is -1.71. The summed E-state index contributed by atoms with van der Waals surface area (Å²) < 4.78 is 0. The van der Waals surface area contributed by atoms with Crippen LogP contribution in [-0.4, -0.2) is 5.91 Å². The lowest BCUT2D eigenvalue weighted by Gasteiger charge is -1.55. The summed E-state index contributed by atoms with van der Waals surface area (Å²) >= 11 is 0. The maximum Gasteiger partial charge on any atom is 0.357 e. The predicted octanol–water partition coefficient (Wildman–Crippen LogP) is 0.143. The van der Waals surface area contributed by atoms with E-state index >= 15 is 0 Å². The first kappa shape index (κ1) is 4.16. The van der Waals surface area contributed by atoms with Gasteiger partial charge in [-0.05, 0) is 0 Å². The summed E-state index contributed by atoms with van der Waals surface area (Å²) in [7, 11) is 0. The van der Waals surface area contributed by atoms with Crippen LogP contribution >= 0.6 is 0 Å². The van der Waals surface area contributed by atoms with E-state index in [0.717, 1.165) is 0 Å². The van der Waals surface area contributed by atoms with Gasteiger partial charge < -0.3 is 4.79 Å². The Balaban J connectivity index is 3.35. The number of hydrogen-bond acceptors (Lipinski definition) is 1. The summed E-state index contributed by atoms with van der Waals surface area (Å²) in [6.07, 6.45) is 0. The van der Waals surface area contributed by atoms with Crippen molar-refractivity contribution in [1.29, 1.82) is 0 Å². The molecule has 0 saturated carbocycles. The van der Waals surface area contributed by atoms with Gasteiger partial charge in [-0.1, -0.05) is 0 Å². The number of nitrogens with zero attached hydrogens (tertiary/aromatic N) is 1. The van der Waals surface area contributed by atoms with Crippen molar-refractivity contribution in [1.82, 2.24) is 0 Å². The van der Waals surface area contributed by atoms with Gasteiger partial charge in [0, 0.05) is 6.92 Å². The van der Waals surface area contributed by atoms with E-state index in [9.17, 15) is 4.79 Å². The van der Waals surface area contributed by atoms with Crippen molar-refractivity contribution in [2.45, 2.75) is 0 Å². The fraction of sp³-hybridized carbons (Fsp3) is 0. The van der Waals surface area contributed by atoms with Crippen LogP contribution in [0.3, 0.4) is 0 Å². The second-order valence-corrected chi connectivity index (χ2v) is 0.450. The van der Waals surface area contributed by atoms with Gasteiger partial charge in [-0.25, -0.2) is 0 Å². The number of hydrogen-bond donors (Lipinski definition) is 0. The highest BCUT2D eigenvalue weighted by Gasteiger charge is 1.75. The summed E-state index contributed by atoms with van der Waals surface area (Å²) in [5, 5.41) is 0. The summed E-state index contributed by atoms with van der Waals surface area (Å²) in [5.74, 6) is -0.954. The molecule has 0 atom stereocenters. The molecule has 0 unspecified atom stereocenters. The lowest BCUT2D eigenvalue weighted by molar-refractivity contribution is -0.110. The fourth-order valence-corrected chi connectivity index (χ4v) is 0. The average molecular weight is 67.0 g/mol. The van der Waals surface area contributed by atoms with Gasteiger partial charge in [-0.15, -0.1) is 0 Å². The van der Waals surface area contributed by atoms with Gasteiger partial charge >= 0.3 is 5.91 Å². The Hall–Kier alpha value is -0.840. The monoisotopic (exact) mass is 67.0 g/mol. The SMILES string of the molecule is [C-]#[N+]C([CH])=O. The van der Waals surface area contributed by atoms with Crippen molar-refractivity contribution in [3.05, 3.63) is 18.3 Å². The molecule has 0 aliphatic carbocycles. The highest BCUT2D eigenvalue weighted by molar-refractivity contribution is 5.89. The first-order valence-electron chi connectivity index (χ1n) is 0.940. The Morgan fingerprint density at radius 3 is 2.20 bits per heavy atom. The third kappa shape index (κ3) is 3.16. The second kappa shape index (κ2) is 1.48. The predicted molar refractivity (Wildman–Crippen MR) is 15.9 cm³/mol. The fourth-order valence-electron chi connectivity index (χ4n) is 0. The molecule has 0 bridgehead atoms. The largest absolute Gasteiger partial charge is 0.357 e. The van der Waals surface area contributed by atoms with Crippen LogP contribution in [0.15, 0.2) is 0 Å². The topological polar surface area (TPSA) is 21.4 Å². The maximum atomic E-state index is 9.24. The van der Waals surface area contributed by atoms with Gasteiger partial charge in [0.05, 0.1) is 6.57 Å². The summed E-state index contributed by atoms with van der Waals surface area (Å²) in [6.45, 7) is 10.1. The molecular weight excluding hydrogens is 66.0 g/mol. The Bertz CT molecular complexity index is 79.4. The summed E-state index contributed by atoms with van der Waals surface area (Å²) in [4.78, 5) is 11.5. The lowest BCUT2D eigenvalue weighted by atomic mass is 10.8. The van der Waals surface area contributed by atoms with Crippen LogP contribution < -0.4 is 0 Å². The van der Waals surface area contributed by atoms with Crippen molar-refractivity contribution in [3.8, 4) is 0 Å². The van der Waals surface area contributed by atoms with E-state index < -0.39 is 5.91 Å². The quantitative estimate of drug-likeness (QED) is 0.369. The normalized spacial score (nSPS) is 5.60. The standard InChI is InChI=1S/C3HNO/c1-3(5)4-2/h1H. The number of amides is 1. The van der Waals surface area contributed by atoms with Crippen LogP contribution in [0.25, 0.3) is 4.85 Å². The maximum absolute atomic E-state index is 9.24. The molecule has 0 aliphatic rings. The van der Waals surface area contributed by atoms with Crippen molar-refractivity contribution in [2.75, 3.05) is 0 Å². The highest BCUT2D eigenvalue weighted by atomic mass is 16.1. The Morgan fingerprint density at radius 1 is 2.00 bits per heavy atom. The van der Waals surface area contributed by atoms with E-state index in [2.05, 4.69) is 11.8 Å². The van der Waals surface area contributed by atoms with Crippen LogP contribution in [0.1, 0.15) is 0 Å². The number of rotatable bonds is 0. The van der Waals surface area contributed by atoms with Crippen molar-refractivity contribution in [2.24, 2.45) is 0 Å². The van der Waals surface area contributed by atoms with Crippen molar-refractivity contribution in [3.63, 3.8) is 0 Å². The van der Waals surface area contributed by atoms with Crippen LogP contribution in [0.5, 0.6) is 0 Å². The minimum absolute atomic E-state index is 0.954. The molecule has 0 heterocycles. The molecule has 0 rings (SSSR count). The van der Waals surface area contributed by atoms with Crippen molar-refractivity contribution >= 4 is 5.91 Å². The zero-order valence-electron chi connectivity index (χ0n) is 2.43. The first-order valence-corrected chi connectivity index (χ1v) is 0.940. The molecule has 5 heavy (non-hydrogen) atoms. The Labute approximate surface area is 30.2 Å². The van der Waals surface area contributed by atoms with Crippen LogP contribution in [-0.2, 0) is 4.79 Å². The zero-order chi connectivity index (χ0) is 4.28. The van der Waals surface area contributed by atoms with Crippen LogP contribution in [0.2, 0.25) is 0 Å². The molecule has 0 saturated heterocycles. The molecule has 0 aromatic heterocycles. The van der Waals surface area contributed by atoms with E-state index in [1.807, 2.05) is 0 Å². The number of carbonyl (C=O) groups excluding carboxylic acids is 1. The molecule has 2 radical (unpaired) electrons. The first-order chi connectivity index (χ1) is 2.27. The Morgan fingerprint density at radius 2 is 2.20 bits per heavy atom. The molecule has 0 spiro atoms. The second-order valence-electron chi connectivity index (χ2n) is 0.450. The van der Waals surface area contributed by atoms with Gasteiger partial charge in [0.15, 0.2) is 0 Å². The molecule has 0 fully saturated rings. The third-order valence-electron chi connectivity index (χ3n) is 0.110.